The van der Waals surface area contributed by atoms with Crippen LogP contribution in [0.25, 0.3) is 0 Å². The van der Waals surface area contributed by atoms with Crippen LogP contribution in [0, 0.1) is 0 Å². The number of esters is 2. The topological polar surface area (TPSA) is 64.6 Å². The van der Waals surface area contributed by atoms with E-state index in [1.165, 1.54) is 0 Å². The first-order chi connectivity index (χ1) is 17.1. The summed E-state index contributed by atoms with van der Waals surface area (Å²) in [6, 6.07) is 29.3. The molecular formula is C31H37NO4. The summed E-state index contributed by atoms with van der Waals surface area (Å²) in [7, 11) is 0. The van der Waals surface area contributed by atoms with Gasteiger partial charge >= 0.3 is 11.9 Å². The number of carbonyl (C=O) groups excluding carboxylic acids is 2. The second kappa shape index (κ2) is 12.0. The quantitative estimate of drug-likeness (QED) is 0.280. The van der Waals surface area contributed by atoms with Crippen LogP contribution in [0.1, 0.15) is 64.2 Å². The molecule has 0 aromatic heterocycles. The molecule has 3 aromatic rings. The van der Waals surface area contributed by atoms with Gasteiger partial charge in [0.05, 0.1) is 11.6 Å². The molecule has 1 unspecified atom stereocenters. The summed E-state index contributed by atoms with van der Waals surface area (Å²) >= 11 is 0. The molecule has 0 spiro atoms. The average Bonchev–Trinajstić information content (AvgIpc) is 2.84. The lowest BCUT2D eigenvalue weighted by molar-refractivity contribution is -0.156. The van der Waals surface area contributed by atoms with Crippen molar-refractivity contribution < 1.29 is 19.1 Å². The average molecular weight is 488 g/mol. The Labute approximate surface area is 214 Å². The Morgan fingerprint density at radius 3 is 1.53 bits per heavy atom. The number of ether oxygens (including phenoxy) is 2. The fourth-order valence-corrected chi connectivity index (χ4v) is 4.29. The summed E-state index contributed by atoms with van der Waals surface area (Å²) in [6.07, 6.45) is 0.0218. The summed E-state index contributed by atoms with van der Waals surface area (Å²) in [5.41, 5.74) is 1.46. The van der Waals surface area contributed by atoms with Gasteiger partial charge < -0.3 is 9.47 Å². The van der Waals surface area contributed by atoms with Gasteiger partial charge in [0.2, 0.25) is 0 Å². The molecule has 0 bridgehead atoms. The van der Waals surface area contributed by atoms with E-state index >= 15 is 0 Å². The first-order valence-electron chi connectivity index (χ1n) is 12.5. The maximum absolute atomic E-state index is 13.4. The zero-order chi connectivity index (χ0) is 26.2. The van der Waals surface area contributed by atoms with Crippen molar-refractivity contribution in [2.75, 3.05) is 0 Å². The van der Waals surface area contributed by atoms with Gasteiger partial charge in [0.15, 0.2) is 0 Å². The van der Waals surface area contributed by atoms with Gasteiger partial charge in [-0.25, -0.2) is 0 Å². The molecule has 0 aliphatic carbocycles. The third-order valence-corrected chi connectivity index (χ3v) is 5.70. The van der Waals surface area contributed by atoms with E-state index in [4.69, 9.17) is 9.47 Å². The molecule has 0 radical (unpaired) electrons. The Morgan fingerprint density at radius 1 is 0.750 bits per heavy atom. The van der Waals surface area contributed by atoms with Crippen LogP contribution in [-0.4, -0.2) is 29.7 Å². The maximum Gasteiger partial charge on any atom is 0.323 e. The van der Waals surface area contributed by atoms with E-state index in [-0.39, 0.29) is 24.9 Å². The van der Waals surface area contributed by atoms with Crippen molar-refractivity contribution in [3.8, 4) is 0 Å². The molecule has 5 heteroatoms. The van der Waals surface area contributed by atoms with Crippen LogP contribution in [0.5, 0.6) is 0 Å². The molecule has 0 aliphatic heterocycles. The number of carbonyl (C=O) groups is 2. The number of hydrogen-bond donors (Lipinski definition) is 1. The van der Waals surface area contributed by atoms with Crippen LogP contribution in [0.15, 0.2) is 91.0 Å². The van der Waals surface area contributed by atoms with E-state index in [1.54, 1.807) is 0 Å². The van der Waals surface area contributed by atoms with Crippen LogP contribution >= 0.6 is 0 Å². The van der Waals surface area contributed by atoms with Crippen molar-refractivity contribution in [3.05, 3.63) is 108 Å². The minimum absolute atomic E-state index is 0.0799. The standard InChI is InChI=1S/C31H37NO4/c1-23(2)35-29(34)27(21-22-28(33)36-30(3,4)5)32-31(24-15-9-6-10-16-24,25-17-11-7-12-18-25)26-19-13-8-14-20-26/h6-20,23,27,32H,21-22H2,1-5H3. The van der Waals surface area contributed by atoms with E-state index in [0.29, 0.717) is 0 Å². The molecule has 190 valence electrons. The lowest BCUT2D eigenvalue weighted by Crippen LogP contribution is -2.53. The largest absolute Gasteiger partial charge is 0.462 e. The third kappa shape index (κ3) is 7.05. The highest BCUT2D eigenvalue weighted by molar-refractivity contribution is 5.78. The zero-order valence-electron chi connectivity index (χ0n) is 21.9. The summed E-state index contributed by atoms with van der Waals surface area (Å²) in [6.45, 7) is 9.14. The van der Waals surface area contributed by atoms with Crippen molar-refractivity contribution in [2.45, 2.75) is 70.7 Å². The predicted molar refractivity (Wildman–Crippen MR) is 142 cm³/mol. The molecule has 36 heavy (non-hydrogen) atoms. The summed E-state index contributed by atoms with van der Waals surface area (Å²) in [5.74, 6) is -0.753. The molecule has 0 saturated heterocycles. The fourth-order valence-electron chi connectivity index (χ4n) is 4.29. The normalized spacial score (nSPS) is 12.7. The van der Waals surface area contributed by atoms with Crippen molar-refractivity contribution in [1.82, 2.24) is 5.32 Å². The molecule has 0 amide bonds. The van der Waals surface area contributed by atoms with E-state index < -0.39 is 23.2 Å². The first-order valence-corrected chi connectivity index (χ1v) is 12.5. The van der Waals surface area contributed by atoms with Crippen LogP contribution in [0.4, 0.5) is 0 Å². The SMILES string of the molecule is CC(C)OC(=O)C(CCC(=O)OC(C)(C)C)NC(c1ccccc1)(c1ccccc1)c1ccccc1. The van der Waals surface area contributed by atoms with Gasteiger partial charge in [0, 0.05) is 6.42 Å². The second-order valence-electron chi connectivity index (χ2n) is 10.2. The smallest absolute Gasteiger partial charge is 0.323 e. The van der Waals surface area contributed by atoms with Crippen LogP contribution in [-0.2, 0) is 24.6 Å². The molecular weight excluding hydrogens is 450 g/mol. The minimum atomic E-state index is -0.863. The number of hydrogen-bond acceptors (Lipinski definition) is 5. The number of rotatable bonds is 10. The fraction of sp³-hybridized carbons (Fsp3) is 0.355. The van der Waals surface area contributed by atoms with Gasteiger partial charge in [-0.15, -0.1) is 0 Å². The van der Waals surface area contributed by atoms with Gasteiger partial charge in [-0.3, -0.25) is 14.9 Å². The summed E-state index contributed by atoms with van der Waals surface area (Å²) in [5, 5.41) is 3.66. The van der Waals surface area contributed by atoms with Crippen molar-refractivity contribution in [1.29, 1.82) is 0 Å². The van der Waals surface area contributed by atoms with Crippen molar-refractivity contribution in [2.24, 2.45) is 0 Å². The van der Waals surface area contributed by atoms with E-state index in [0.717, 1.165) is 16.7 Å². The lowest BCUT2D eigenvalue weighted by Gasteiger charge is -2.39. The molecule has 0 heterocycles. The molecule has 3 aromatic carbocycles. The van der Waals surface area contributed by atoms with Crippen LogP contribution in [0.2, 0.25) is 0 Å². The third-order valence-electron chi connectivity index (χ3n) is 5.70. The predicted octanol–water partition coefficient (Wildman–Crippen LogP) is 6.01. The Balaban J connectivity index is 2.11. The maximum atomic E-state index is 13.4. The van der Waals surface area contributed by atoms with Gasteiger partial charge in [0.1, 0.15) is 11.6 Å². The van der Waals surface area contributed by atoms with Gasteiger partial charge in [-0.2, -0.15) is 0 Å². The van der Waals surface area contributed by atoms with Gasteiger partial charge in [-0.1, -0.05) is 91.0 Å². The molecule has 0 aliphatic rings. The first kappa shape index (κ1) is 27.2. The molecule has 5 nitrogen and oxygen atoms in total. The molecule has 1 N–H and O–H groups in total. The second-order valence-corrected chi connectivity index (χ2v) is 10.2. The Bertz CT molecular complexity index is 1010. The van der Waals surface area contributed by atoms with Crippen molar-refractivity contribution >= 4 is 11.9 Å². The molecule has 0 fully saturated rings. The Hall–Kier alpha value is -3.44. The van der Waals surface area contributed by atoms with Gasteiger partial charge in [0.25, 0.3) is 0 Å². The highest BCUT2D eigenvalue weighted by atomic mass is 16.6. The zero-order valence-corrected chi connectivity index (χ0v) is 21.9. The van der Waals surface area contributed by atoms with Crippen LogP contribution < -0.4 is 5.32 Å². The van der Waals surface area contributed by atoms with Crippen LogP contribution in [0.3, 0.4) is 0 Å². The minimum Gasteiger partial charge on any atom is -0.462 e. The van der Waals surface area contributed by atoms with E-state index in [9.17, 15) is 9.59 Å². The monoisotopic (exact) mass is 487 g/mol. The molecule has 3 rings (SSSR count). The number of benzene rings is 3. The Morgan fingerprint density at radius 2 is 1.17 bits per heavy atom. The molecule has 1 atom stereocenters. The lowest BCUT2D eigenvalue weighted by atomic mass is 9.76. The highest BCUT2D eigenvalue weighted by Crippen LogP contribution is 2.37. The highest BCUT2D eigenvalue weighted by Gasteiger charge is 2.40. The summed E-state index contributed by atoms with van der Waals surface area (Å²) < 4.78 is 11.2. The number of nitrogens with one attached hydrogen (secondary N) is 1. The van der Waals surface area contributed by atoms with E-state index in [1.807, 2.05) is 126 Å². The Kier molecular flexibility index (Phi) is 9.05. The molecule has 0 saturated carbocycles. The van der Waals surface area contributed by atoms with Crippen molar-refractivity contribution in [3.63, 3.8) is 0 Å². The summed E-state index contributed by atoms with van der Waals surface area (Å²) in [4.78, 5) is 26.0. The van der Waals surface area contributed by atoms with E-state index in [2.05, 4.69) is 5.32 Å². The van der Waals surface area contributed by atoms with Gasteiger partial charge in [-0.05, 0) is 57.7 Å².